The Bertz CT molecular complexity index is 903. The molecule has 13 heteroatoms. The number of para-hydroxylation sites is 1. The first-order valence-corrected chi connectivity index (χ1v) is 8.00. The number of benzene rings is 1. The SMILES string of the molecule is Nc1nc(/C(=N/O)C(=O)NC2Cc3cccc(C(=O)O)c3OB2O)ns1. The maximum atomic E-state index is 12.3. The molecule has 1 amide bonds. The Hall–Kier alpha value is -3.19. The van der Waals surface area contributed by atoms with Crippen LogP contribution in [0.5, 0.6) is 5.75 Å². The van der Waals surface area contributed by atoms with Crippen molar-refractivity contribution >= 4 is 41.4 Å². The van der Waals surface area contributed by atoms with Gasteiger partial charge >= 0.3 is 13.1 Å². The molecule has 11 nitrogen and oxygen atoms in total. The number of carbonyl (C=O) groups is 2. The van der Waals surface area contributed by atoms with E-state index in [0.717, 1.165) is 11.5 Å². The molecule has 3 rings (SSSR count). The number of hydrogen-bond acceptors (Lipinski definition) is 10. The number of anilines is 1. The average molecular weight is 377 g/mol. The van der Waals surface area contributed by atoms with Crippen LogP contribution in [-0.4, -0.2) is 55.3 Å². The molecule has 134 valence electrons. The number of aromatic nitrogens is 2. The van der Waals surface area contributed by atoms with Gasteiger partial charge in [0, 0.05) is 11.5 Å². The van der Waals surface area contributed by atoms with Gasteiger partial charge in [0.25, 0.3) is 5.91 Å². The second kappa shape index (κ2) is 6.97. The predicted octanol–water partition coefficient (Wildman–Crippen LogP) is -0.864. The number of nitrogens with two attached hydrogens (primary N) is 1. The van der Waals surface area contributed by atoms with Gasteiger partial charge in [0.05, 0.1) is 11.5 Å². The Balaban J connectivity index is 1.80. The minimum Gasteiger partial charge on any atom is -0.534 e. The van der Waals surface area contributed by atoms with Gasteiger partial charge in [-0.25, -0.2) is 4.79 Å². The van der Waals surface area contributed by atoms with Crippen LogP contribution in [0.3, 0.4) is 0 Å². The lowest BCUT2D eigenvalue weighted by atomic mass is 9.72. The van der Waals surface area contributed by atoms with Crippen LogP contribution in [0.1, 0.15) is 21.7 Å². The smallest absolute Gasteiger partial charge is 0.534 e. The monoisotopic (exact) mass is 377 g/mol. The molecule has 0 fully saturated rings. The van der Waals surface area contributed by atoms with Crippen molar-refractivity contribution in [3.8, 4) is 5.75 Å². The summed E-state index contributed by atoms with van der Waals surface area (Å²) in [6.45, 7) is 0. The van der Waals surface area contributed by atoms with Crippen LogP contribution in [0, 0.1) is 0 Å². The van der Waals surface area contributed by atoms with Crippen LogP contribution in [-0.2, 0) is 11.2 Å². The number of hydrogen-bond donors (Lipinski definition) is 5. The zero-order valence-electron chi connectivity index (χ0n) is 13.0. The molecule has 26 heavy (non-hydrogen) atoms. The molecule has 0 aliphatic carbocycles. The van der Waals surface area contributed by atoms with Crippen molar-refractivity contribution in [2.45, 2.75) is 12.4 Å². The van der Waals surface area contributed by atoms with E-state index in [1.165, 1.54) is 12.1 Å². The third kappa shape index (κ3) is 3.29. The van der Waals surface area contributed by atoms with Crippen molar-refractivity contribution in [1.82, 2.24) is 14.7 Å². The van der Waals surface area contributed by atoms with Gasteiger partial charge in [-0.1, -0.05) is 17.3 Å². The minimum absolute atomic E-state index is 0.0444. The summed E-state index contributed by atoms with van der Waals surface area (Å²) in [5.41, 5.74) is 5.37. The topological polar surface area (TPSA) is 180 Å². The number of carboxylic acids is 1. The Kier molecular flexibility index (Phi) is 4.73. The van der Waals surface area contributed by atoms with Gasteiger partial charge in [0.2, 0.25) is 11.5 Å². The molecule has 1 aromatic carbocycles. The van der Waals surface area contributed by atoms with Crippen molar-refractivity contribution in [2.24, 2.45) is 5.16 Å². The zero-order chi connectivity index (χ0) is 18.8. The summed E-state index contributed by atoms with van der Waals surface area (Å²) in [5.74, 6) is -3.07. The summed E-state index contributed by atoms with van der Waals surface area (Å²) in [6, 6.07) is 4.50. The summed E-state index contributed by atoms with van der Waals surface area (Å²) >= 11 is 0.822. The molecule has 0 bridgehead atoms. The Labute approximate surface area is 150 Å². The molecular formula is C13H12BN5O6S. The first-order valence-electron chi connectivity index (χ1n) is 7.23. The lowest BCUT2D eigenvalue weighted by molar-refractivity contribution is -0.115. The number of oxime groups is 1. The maximum Gasteiger partial charge on any atom is 0.547 e. The van der Waals surface area contributed by atoms with Crippen LogP contribution < -0.4 is 15.7 Å². The third-order valence-corrected chi connectivity index (χ3v) is 4.18. The highest BCUT2D eigenvalue weighted by Gasteiger charge is 2.38. The molecule has 1 aliphatic heterocycles. The minimum atomic E-state index is -1.50. The number of rotatable bonds is 4. The largest absolute Gasteiger partial charge is 0.547 e. The van der Waals surface area contributed by atoms with E-state index in [1.54, 1.807) is 6.07 Å². The van der Waals surface area contributed by atoms with Crippen molar-refractivity contribution in [2.75, 3.05) is 5.73 Å². The van der Waals surface area contributed by atoms with E-state index in [4.69, 9.17) is 15.6 Å². The van der Waals surface area contributed by atoms with E-state index in [-0.39, 0.29) is 28.7 Å². The van der Waals surface area contributed by atoms with Crippen LogP contribution in [0.2, 0.25) is 0 Å². The second-order valence-electron chi connectivity index (χ2n) is 5.30. The maximum absolute atomic E-state index is 12.3. The number of fused-ring (bicyclic) bond motifs is 1. The van der Waals surface area contributed by atoms with E-state index in [0.29, 0.717) is 5.56 Å². The fourth-order valence-electron chi connectivity index (χ4n) is 2.48. The van der Waals surface area contributed by atoms with Crippen LogP contribution in [0.15, 0.2) is 23.4 Å². The summed E-state index contributed by atoms with van der Waals surface area (Å²) in [4.78, 5) is 27.3. The fourth-order valence-corrected chi connectivity index (χ4v) is 2.91. The summed E-state index contributed by atoms with van der Waals surface area (Å²) in [6.07, 6.45) is 0.106. The number of nitrogen functional groups attached to an aromatic ring is 1. The van der Waals surface area contributed by atoms with E-state index in [9.17, 15) is 19.7 Å². The quantitative estimate of drug-likeness (QED) is 0.196. The Morgan fingerprint density at radius 1 is 1.46 bits per heavy atom. The van der Waals surface area contributed by atoms with Gasteiger partial charge in [-0.3, -0.25) is 4.79 Å². The van der Waals surface area contributed by atoms with Gasteiger partial charge < -0.3 is 31.0 Å². The first-order chi connectivity index (χ1) is 12.4. The van der Waals surface area contributed by atoms with Gasteiger partial charge in [0.15, 0.2) is 5.13 Å². The lowest BCUT2D eigenvalue weighted by Gasteiger charge is -2.28. The Morgan fingerprint density at radius 2 is 2.23 bits per heavy atom. The number of aromatic carboxylic acids is 1. The van der Waals surface area contributed by atoms with Crippen LogP contribution >= 0.6 is 11.5 Å². The van der Waals surface area contributed by atoms with Crippen molar-refractivity contribution < 1.29 is 29.6 Å². The van der Waals surface area contributed by atoms with Crippen LogP contribution in [0.4, 0.5) is 5.13 Å². The molecule has 0 radical (unpaired) electrons. The van der Waals surface area contributed by atoms with E-state index in [1.807, 2.05) is 0 Å². The predicted molar refractivity (Wildman–Crippen MR) is 90.3 cm³/mol. The molecule has 0 saturated carbocycles. The summed E-state index contributed by atoms with van der Waals surface area (Å²) in [5, 5.41) is 33.8. The van der Waals surface area contributed by atoms with Gasteiger partial charge in [-0.2, -0.15) is 9.36 Å². The number of carbonyl (C=O) groups excluding carboxylic acids is 1. The number of nitrogens with zero attached hydrogens (tertiary/aromatic N) is 3. The number of nitrogens with one attached hydrogen (secondary N) is 1. The highest BCUT2D eigenvalue weighted by Crippen LogP contribution is 2.30. The molecule has 1 aliphatic rings. The average Bonchev–Trinajstić information content (AvgIpc) is 3.01. The van der Waals surface area contributed by atoms with E-state index >= 15 is 0 Å². The lowest BCUT2D eigenvalue weighted by Crippen LogP contribution is -2.54. The van der Waals surface area contributed by atoms with Gasteiger partial charge in [0.1, 0.15) is 5.75 Å². The van der Waals surface area contributed by atoms with Gasteiger partial charge in [-0.05, 0) is 18.1 Å². The highest BCUT2D eigenvalue weighted by atomic mass is 32.1. The summed E-state index contributed by atoms with van der Waals surface area (Å²) in [7, 11) is -1.50. The fraction of sp³-hybridized carbons (Fsp3) is 0.154. The number of amides is 1. The molecule has 1 atom stereocenters. The molecule has 1 unspecified atom stereocenters. The van der Waals surface area contributed by atoms with Crippen molar-refractivity contribution in [1.29, 1.82) is 0 Å². The van der Waals surface area contributed by atoms with E-state index < -0.39 is 30.6 Å². The molecule has 2 aromatic rings. The standard InChI is InChI=1S/C13H12BN5O6S/c15-13-17-10(19-26-13)8(18-24)11(20)16-7-4-5-2-1-3-6(12(21)22)9(5)25-14(7)23/h1-3,7,23-24H,4H2,(H,16,20)(H,21,22)(H2,15,17,19)/b18-8-. The van der Waals surface area contributed by atoms with E-state index in [2.05, 4.69) is 19.8 Å². The summed E-state index contributed by atoms with van der Waals surface area (Å²) < 4.78 is 9.05. The van der Waals surface area contributed by atoms with Crippen LogP contribution in [0.25, 0.3) is 0 Å². The third-order valence-electron chi connectivity index (χ3n) is 3.63. The highest BCUT2D eigenvalue weighted by molar-refractivity contribution is 7.09. The van der Waals surface area contributed by atoms with Crippen molar-refractivity contribution in [3.63, 3.8) is 0 Å². The second-order valence-corrected chi connectivity index (χ2v) is 6.08. The molecular weight excluding hydrogens is 365 g/mol. The first kappa shape index (κ1) is 17.6. The molecule has 1 aromatic heterocycles. The van der Waals surface area contributed by atoms with Crippen molar-refractivity contribution in [3.05, 3.63) is 35.2 Å². The number of carboxylic acid groups (broad SMARTS) is 1. The molecule has 6 N–H and O–H groups in total. The Morgan fingerprint density at radius 3 is 2.85 bits per heavy atom. The van der Waals surface area contributed by atoms with Gasteiger partial charge in [-0.15, -0.1) is 0 Å². The zero-order valence-corrected chi connectivity index (χ0v) is 13.8. The molecule has 2 heterocycles. The molecule has 0 spiro atoms. The molecule has 0 saturated heterocycles. The normalized spacial score (nSPS) is 16.6.